The lowest BCUT2D eigenvalue weighted by Gasteiger charge is -2.30. The zero-order valence-electron chi connectivity index (χ0n) is 11.6. The highest BCUT2D eigenvalue weighted by Gasteiger charge is 2.21. The summed E-state index contributed by atoms with van der Waals surface area (Å²) < 4.78 is 2.45. The second-order valence-corrected chi connectivity index (χ2v) is 5.31. The van der Waals surface area contributed by atoms with Crippen LogP contribution in [0.3, 0.4) is 0 Å². The number of anilines is 1. The molecule has 8 heteroatoms. The lowest BCUT2D eigenvalue weighted by molar-refractivity contribution is 0.501. The van der Waals surface area contributed by atoms with Gasteiger partial charge in [0.1, 0.15) is 0 Å². The molecule has 1 aliphatic heterocycles. The molecular formula is C12H18N6O2. The fourth-order valence-electron chi connectivity index (χ4n) is 2.67. The number of fused-ring (bicyclic) bond motifs is 1. The molecule has 1 atom stereocenters. The third-order valence-corrected chi connectivity index (χ3v) is 3.84. The molecule has 8 nitrogen and oxygen atoms in total. The van der Waals surface area contributed by atoms with Gasteiger partial charge in [0.2, 0.25) is 5.95 Å². The van der Waals surface area contributed by atoms with Gasteiger partial charge >= 0.3 is 5.69 Å². The Bertz CT molecular complexity index is 771. The van der Waals surface area contributed by atoms with Crippen LogP contribution in [0.5, 0.6) is 0 Å². The van der Waals surface area contributed by atoms with Crippen LogP contribution in [0.1, 0.15) is 12.8 Å². The summed E-state index contributed by atoms with van der Waals surface area (Å²) in [6.45, 7) is 1.55. The zero-order valence-corrected chi connectivity index (χ0v) is 11.6. The van der Waals surface area contributed by atoms with Crippen molar-refractivity contribution in [3.63, 3.8) is 0 Å². The van der Waals surface area contributed by atoms with Gasteiger partial charge in [-0.15, -0.1) is 0 Å². The van der Waals surface area contributed by atoms with Crippen molar-refractivity contribution >= 4 is 17.1 Å². The lowest BCUT2D eigenvalue weighted by Crippen LogP contribution is -2.43. The molecule has 3 N–H and O–H groups in total. The summed E-state index contributed by atoms with van der Waals surface area (Å²) in [6, 6.07) is 0.114. The fourth-order valence-corrected chi connectivity index (χ4v) is 2.67. The number of hydrogen-bond acceptors (Lipinski definition) is 5. The van der Waals surface area contributed by atoms with Crippen molar-refractivity contribution < 1.29 is 0 Å². The van der Waals surface area contributed by atoms with Gasteiger partial charge in [-0.05, 0) is 12.8 Å². The Hall–Kier alpha value is -2.09. The van der Waals surface area contributed by atoms with E-state index in [4.69, 9.17) is 5.73 Å². The van der Waals surface area contributed by atoms with Gasteiger partial charge in [0.15, 0.2) is 11.2 Å². The summed E-state index contributed by atoms with van der Waals surface area (Å²) in [5.74, 6) is 0.605. The van der Waals surface area contributed by atoms with Gasteiger partial charge in [-0.3, -0.25) is 13.9 Å². The largest absolute Gasteiger partial charge is 0.341 e. The molecule has 0 unspecified atom stereocenters. The first-order chi connectivity index (χ1) is 9.49. The minimum Gasteiger partial charge on any atom is -0.341 e. The fraction of sp³-hybridized carbons (Fsp3) is 0.583. The summed E-state index contributed by atoms with van der Waals surface area (Å²) in [5.41, 5.74) is 5.96. The zero-order chi connectivity index (χ0) is 14.4. The van der Waals surface area contributed by atoms with Gasteiger partial charge in [0.05, 0.1) is 0 Å². The highest BCUT2D eigenvalue weighted by atomic mass is 16.2. The summed E-state index contributed by atoms with van der Waals surface area (Å²) in [7, 11) is 3.07. The number of aromatic nitrogens is 4. The molecule has 1 aliphatic rings. The van der Waals surface area contributed by atoms with Crippen molar-refractivity contribution in [2.24, 2.45) is 19.8 Å². The SMILES string of the molecule is Cn1c(=O)c2[nH]c(N3CCC[C@@H](N)C3)nc2n(C)c1=O. The minimum absolute atomic E-state index is 0.114. The molecule has 1 fully saturated rings. The van der Waals surface area contributed by atoms with E-state index in [1.54, 1.807) is 7.05 Å². The molecule has 0 aromatic carbocycles. The Morgan fingerprint density at radius 1 is 1.30 bits per heavy atom. The molecular weight excluding hydrogens is 260 g/mol. The van der Waals surface area contributed by atoms with Crippen molar-refractivity contribution in [3.8, 4) is 0 Å². The number of hydrogen-bond donors (Lipinski definition) is 2. The third-order valence-electron chi connectivity index (χ3n) is 3.84. The molecule has 0 saturated carbocycles. The van der Waals surface area contributed by atoms with Crippen molar-refractivity contribution in [2.45, 2.75) is 18.9 Å². The first-order valence-corrected chi connectivity index (χ1v) is 6.65. The van der Waals surface area contributed by atoms with Crippen LogP contribution in [0, 0.1) is 0 Å². The monoisotopic (exact) mass is 278 g/mol. The van der Waals surface area contributed by atoms with E-state index in [0.717, 1.165) is 24.0 Å². The van der Waals surface area contributed by atoms with Crippen molar-refractivity contribution in [2.75, 3.05) is 18.0 Å². The Morgan fingerprint density at radius 3 is 2.75 bits per heavy atom. The number of piperidine rings is 1. The van der Waals surface area contributed by atoms with E-state index >= 15 is 0 Å². The second-order valence-electron chi connectivity index (χ2n) is 5.31. The average Bonchev–Trinajstić information content (AvgIpc) is 2.88. The molecule has 0 spiro atoms. The van der Waals surface area contributed by atoms with Crippen LogP contribution in [0.2, 0.25) is 0 Å². The molecule has 2 aromatic rings. The Labute approximate surface area is 114 Å². The van der Waals surface area contributed by atoms with E-state index in [9.17, 15) is 9.59 Å². The molecule has 0 amide bonds. The normalized spacial score (nSPS) is 19.8. The van der Waals surface area contributed by atoms with Crippen molar-refractivity contribution in [3.05, 3.63) is 20.8 Å². The van der Waals surface area contributed by atoms with Crippen LogP contribution >= 0.6 is 0 Å². The van der Waals surface area contributed by atoms with E-state index in [-0.39, 0.29) is 17.3 Å². The maximum atomic E-state index is 12.1. The van der Waals surface area contributed by atoms with Gasteiger partial charge in [0, 0.05) is 33.2 Å². The molecule has 3 heterocycles. The first kappa shape index (κ1) is 12.9. The van der Waals surface area contributed by atoms with Gasteiger partial charge < -0.3 is 15.6 Å². The van der Waals surface area contributed by atoms with Crippen LogP contribution < -0.4 is 21.9 Å². The molecule has 0 bridgehead atoms. The quantitative estimate of drug-likeness (QED) is 0.688. The highest BCUT2D eigenvalue weighted by Crippen LogP contribution is 2.17. The molecule has 108 valence electrons. The van der Waals surface area contributed by atoms with Gasteiger partial charge in [-0.1, -0.05) is 0 Å². The van der Waals surface area contributed by atoms with E-state index in [0.29, 0.717) is 23.7 Å². The molecule has 1 saturated heterocycles. The second kappa shape index (κ2) is 4.48. The van der Waals surface area contributed by atoms with Crippen LogP contribution in [0.15, 0.2) is 9.59 Å². The molecule has 0 radical (unpaired) electrons. The third kappa shape index (κ3) is 1.83. The predicted octanol–water partition coefficient (Wildman–Crippen LogP) is -1.11. The predicted molar refractivity (Wildman–Crippen MR) is 76.0 cm³/mol. The maximum absolute atomic E-state index is 12.1. The van der Waals surface area contributed by atoms with Crippen LogP contribution in [-0.4, -0.2) is 38.2 Å². The lowest BCUT2D eigenvalue weighted by atomic mass is 10.1. The van der Waals surface area contributed by atoms with E-state index in [1.165, 1.54) is 11.6 Å². The van der Waals surface area contributed by atoms with Gasteiger partial charge in [-0.2, -0.15) is 4.98 Å². The smallest absolute Gasteiger partial charge is 0.332 e. The molecule has 0 aliphatic carbocycles. The standard InChI is InChI=1S/C12H18N6O2/c1-16-9-8(10(19)17(2)12(16)20)14-11(15-9)18-5-3-4-7(13)6-18/h7H,3-6,13H2,1-2H3,(H,14,15)/t7-/m1/s1. The number of nitrogens with one attached hydrogen (secondary N) is 1. The number of H-pyrrole nitrogens is 1. The number of nitrogens with zero attached hydrogens (tertiary/aromatic N) is 4. The van der Waals surface area contributed by atoms with E-state index < -0.39 is 0 Å². The number of aryl methyl sites for hydroxylation is 1. The van der Waals surface area contributed by atoms with Crippen molar-refractivity contribution in [1.82, 2.24) is 19.1 Å². The minimum atomic E-state index is -0.379. The van der Waals surface area contributed by atoms with Crippen molar-refractivity contribution in [1.29, 1.82) is 0 Å². The van der Waals surface area contributed by atoms with E-state index in [1.807, 2.05) is 4.90 Å². The average molecular weight is 278 g/mol. The van der Waals surface area contributed by atoms with Crippen LogP contribution in [0.4, 0.5) is 5.95 Å². The Kier molecular flexibility index (Phi) is 2.89. The number of rotatable bonds is 1. The molecule has 2 aromatic heterocycles. The number of aromatic amines is 1. The van der Waals surface area contributed by atoms with Crippen LogP contribution in [-0.2, 0) is 14.1 Å². The number of imidazole rings is 1. The topological polar surface area (TPSA) is 102 Å². The number of nitrogens with two attached hydrogens (primary N) is 1. The highest BCUT2D eigenvalue weighted by molar-refractivity contribution is 5.73. The summed E-state index contributed by atoms with van der Waals surface area (Å²) in [5, 5.41) is 0. The van der Waals surface area contributed by atoms with E-state index in [2.05, 4.69) is 9.97 Å². The summed E-state index contributed by atoms with van der Waals surface area (Å²) in [6.07, 6.45) is 1.99. The van der Waals surface area contributed by atoms with Gasteiger partial charge in [-0.25, -0.2) is 4.79 Å². The first-order valence-electron chi connectivity index (χ1n) is 6.65. The Balaban J connectivity index is 2.16. The van der Waals surface area contributed by atoms with Gasteiger partial charge in [0.25, 0.3) is 5.56 Å². The Morgan fingerprint density at radius 2 is 2.05 bits per heavy atom. The summed E-state index contributed by atoms with van der Waals surface area (Å²) in [4.78, 5) is 33.4. The molecule has 20 heavy (non-hydrogen) atoms. The molecule has 3 rings (SSSR count). The van der Waals surface area contributed by atoms with Crippen LogP contribution in [0.25, 0.3) is 11.2 Å². The maximum Gasteiger partial charge on any atom is 0.332 e. The summed E-state index contributed by atoms with van der Waals surface area (Å²) >= 11 is 0.